The second-order valence-electron chi connectivity index (χ2n) is 8.21. The molecule has 1 aliphatic heterocycles. The second kappa shape index (κ2) is 9.64. The fourth-order valence-electron chi connectivity index (χ4n) is 4.39. The van der Waals surface area contributed by atoms with E-state index in [0.717, 1.165) is 17.0 Å². The van der Waals surface area contributed by atoms with Gasteiger partial charge in [-0.15, -0.1) is 11.8 Å². The highest BCUT2D eigenvalue weighted by molar-refractivity contribution is 8.00. The van der Waals surface area contributed by atoms with E-state index < -0.39 is 11.9 Å². The van der Waals surface area contributed by atoms with Gasteiger partial charge in [0.2, 0.25) is 5.91 Å². The highest BCUT2D eigenvalue weighted by atomic mass is 32.2. The molecule has 0 unspecified atom stereocenters. The van der Waals surface area contributed by atoms with Crippen molar-refractivity contribution in [2.45, 2.75) is 11.3 Å². The Hall–Kier alpha value is -4.10. The number of thioether (sulfide) groups is 1. The first kappa shape index (κ1) is 22.7. The summed E-state index contributed by atoms with van der Waals surface area (Å²) in [6.07, 6.45) is 0.867. The maximum absolute atomic E-state index is 13.1. The number of fused-ring (bicyclic) bond motifs is 2. The number of carboxylic acids is 1. The molecule has 4 aromatic carbocycles. The van der Waals surface area contributed by atoms with Gasteiger partial charge in [0.05, 0.1) is 11.3 Å². The number of hydrogen-bond acceptors (Lipinski definition) is 4. The van der Waals surface area contributed by atoms with Crippen molar-refractivity contribution in [1.82, 2.24) is 0 Å². The molecular weight excluding hydrogens is 460 g/mol. The van der Waals surface area contributed by atoms with E-state index >= 15 is 0 Å². The summed E-state index contributed by atoms with van der Waals surface area (Å²) < 4.78 is 0. The zero-order valence-electron chi connectivity index (χ0n) is 18.7. The van der Waals surface area contributed by atoms with Crippen LogP contribution in [0.3, 0.4) is 0 Å². The Labute approximate surface area is 206 Å². The zero-order valence-corrected chi connectivity index (χ0v) is 19.5. The lowest BCUT2D eigenvalue weighted by atomic mass is 9.98. The summed E-state index contributed by atoms with van der Waals surface area (Å²) in [6.45, 7) is 0.693. The van der Waals surface area contributed by atoms with E-state index in [1.54, 1.807) is 36.4 Å². The van der Waals surface area contributed by atoms with Crippen LogP contribution in [0, 0.1) is 0 Å². The van der Waals surface area contributed by atoms with Crippen molar-refractivity contribution < 1.29 is 19.5 Å². The quantitative estimate of drug-likeness (QED) is 0.356. The minimum Gasteiger partial charge on any atom is -0.478 e. The molecule has 0 radical (unpaired) electrons. The van der Waals surface area contributed by atoms with Crippen LogP contribution in [-0.4, -0.2) is 35.2 Å². The second-order valence-corrected chi connectivity index (χ2v) is 9.26. The van der Waals surface area contributed by atoms with Gasteiger partial charge in [0.15, 0.2) is 0 Å². The Morgan fingerprint density at radius 3 is 2.43 bits per heavy atom. The van der Waals surface area contributed by atoms with Crippen LogP contribution in [0.25, 0.3) is 10.8 Å². The summed E-state index contributed by atoms with van der Waals surface area (Å²) in [5.74, 6) is -1.14. The summed E-state index contributed by atoms with van der Waals surface area (Å²) in [4.78, 5) is 40.3. The molecule has 1 heterocycles. The molecule has 0 atom stereocenters. The molecule has 0 aliphatic carbocycles. The van der Waals surface area contributed by atoms with Crippen molar-refractivity contribution in [2.24, 2.45) is 0 Å². The smallest absolute Gasteiger partial charge is 0.336 e. The fourth-order valence-corrected chi connectivity index (χ4v) is 5.22. The minimum absolute atomic E-state index is 0.0475. The van der Waals surface area contributed by atoms with E-state index in [0.29, 0.717) is 28.6 Å². The summed E-state index contributed by atoms with van der Waals surface area (Å²) in [5, 5.41) is 13.5. The molecule has 0 saturated heterocycles. The average Bonchev–Trinajstić information content (AvgIpc) is 3.31. The number of anilines is 2. The summed E-state index contributed by atoms with van der Waals surface area (Å²) in [7, 11) is 0. The summed E-state index contributed by atoms with van der Waals surface area (Å²) >= 11 is 1.42. The van der Waals surface area contributed by atoms with Gasteiger partial charge in [-0.1, -0.05) is 48.5 Å². The fraction of sp³-hybridized carbons (Fsp3) is 0.107. The van der Waals surface area contributed by atoms with Crippen molar-refractivity contribution in [2.75, 3.05) is 22.5 Å². The van der Waals surface area contributed by atoms with Gasteiger partial charge in [0.25, 0.3) is 5.91 Å². The third-order valence-electron chi connectivity index (χ3n) is 6.02. The first-order valence-corrected chi connectivity index (χ1v) is 12.2. The lowest BCUT2D eigenvalue weighted by Crippen LogP contribution is -2.30. The van der Waals surface area contributed by atoms with Crippen molar-refractivity contribution in [1.29, 1.82) is 0 Å². The van der Waals surface area contributed by atoms with E-state index in [-0.39, 0.29) is 17.2 Å². The highest BCUT2D eigenvalue weighted by Gasteiger charge is 2.24. The van der Waals surface area contributed by atoms with Crippen LogP contribution in [0.15, 0.2) is 89.8 Å². The van der Waals surface area contributed by atoms with Crippen LogP contribution in [0.1, 0.15) is 26.3 Å². The Morgan fingerprint density at radius 2 is 1.63 bits per heavy atom. The molecule has 1 aliphatic rings. The first-order valence-electron chi connectivity index (χ1n) is 11.2. The monoisotopic (exact) mass is 482 g/mol. The Balaban J connectivity index is 1.30. The highest BCUT2D eigenvalue weighted by Crippen LogP contribution is 2.30. The number of carbonyl (C=O) groups is 3. The Morgan fingerprint density at radius 1 is 0.886 bits per heavy atom. The van der Waals surface area contributed by atoms with Gasteiger partial charge in [-0.3, -0.25) is 9.59 Å². The van der Waals surface area contributed by atoms with Gasteiger partial charge < -0.3 is 15.3 Å². The SMILES string of the molecule is O=C(O)c1cccc2cccc(C(=O)Nc3cccc(SCC(=O)N4CCc5ccccc54)c3)c12. The van der Waals surface area contributed by atoms with Crippen LogP contribution in [0.2, 0.25) is 0 Å². The number of nitrogens with one attached hydrogen (secondary N) is 1. The molecule has 0 saturated carbocycles. The average molecular weight is 483 g/mol. The lowest BCUT2D eigenvalue weighted by Gasteiger charge is -2.17. The molecule has 5 rings (SSSR count). The summed E-state index contributed by atoms with van der Waals surface area (Å²) in [5.41, 5.74) is 3.12. The third kappa shape index (κ3) is 4.63. The van der Waals surface area contributed by atoms with Gasteiger partial charge in [0, 0.05) is 33.8 Å². The van der Waals surface area contributed by atoms with Crippen molar-refractivity contribution in [3.05, 3.63) is 102 Å². The Bertz CT molecular complexity index is 1460. The molecule has 4 aromatic rings. The molecule has 35 heavy (non-hydrogen) atoms. The van der Waals surface area contributed by atoms with Crippen molar-refractivity contribution >= 4 is 51.7 Å². The van der Waals surface area contributed by atoms with Crippen molar-refractivity contribution in [3.8, 4) is 0 Å². The van der Waals surface area contributed by atoms with Gasteiger partial charge in [-0.05, 0) is 53.8 Å². The predicted octanol–water partition coefficient (Wildman–Crippen LogP) is 5.47. The number of amides is 2. The van der Waals surface area contributed by atoms with E-state index in [1.807, 2.05) is 41.3 Å². The van der Waals surface area contributed by atoms with E-state index in [1.165, 1.54) is 23.4 Å². The third-order valence-corrected chi connectivity index (χ3v) is 7.00. The standard InChI is InChI=1S/C28H22N2O4S/c31-25(30-15-14-18-6-1-2-13-24(18)30)17-35-21-10-5-9-20(16-21)29-27(32)22-11-3-7-19-8-4-12-23(26(19)22)28(33)34/h1-13,16H,14-15,17H2,(H,29,32)(H,33,34). The topological polar surface area (TPSA) is 86.7 Å². The van der Waals surface area contributed by atoms with Gasteiger partial charge in [0.1, 0.15) is 0 Å². The largest absolute Gasteiger partial charge is 0.478 e. The lowest BCUT2D eigenvalue weighted by molar-refractivity contribution is -0.116. The summed E-state index contributed by atoms with van der Waals surface area (Å²) in [6, 6.07) is 25.3. The number of aromatic carboxylic acids is 1. The van der Waals surface area contributed by atoms with E-state index in [4.69, 9.17) is 0 Å². The molecule has 0 fully saturated rings. The van der Waals surface area contributed by atoms with E-state index in [2.05, 4.69) is 11.4 Å². The molecule has 0 bridgehead atoms. The molecule has 2 N–H and O–H groups in total. The normalized spacial score (nSPS) is 12.4. The van der Waals surface area contributed by atoms with Gasteiger partial charge in [-0.25, -0.2) is 4.79 Å². The van der Waals surface area contributed by atoms with Gasteiger partial charge >= 0.3 is 5.97 Å². The number of para-hydroxylation sites is 1. The van der Waals surface area contributed by atoms with Crippen LogP contribution < -0.4 is 10.2 Å². The maximum Gasteiger partial charge on any atom is 0.336 e. The minimum atomic E-state index is -1.08. The maximum atomic E-state index is 13.1. The van der Waals surface area contributed by atoms with Crippen LogP contribution in [0.5, 0.6) is 0 Å². The van der Waals surface area contributed by atoms with Crippen LogP contribution in [-0.2, 0) is 11.2 Å². The molecular formula is C28H22N2O4S. The predicted molar refractivity (Wildman–Crippen MR) is 139 cm³/mol. The number of nitrogens with zero attached hydrogens (tertiary/aromatic N) is 1. The number of hydrogen-bond donors (Lipinski definition) is 2. The molecule has 2 amide bonds. The number of benzene rings is 4. The number of rotatable bonds is 6. The molecule has 0 spiro atoms. The zero-order chi connectivity index (χ0) is 24.4. The number of carboxylic acid groups (broad SMARTS) is 1. The van der Waals surface area contributed by atoms with E-state index in [9.17, 15) is 19.5 Å². The number of carbonyl (C=O) groups excluding carboxylic acids is 2. The Kier molecular flexibility index (Phi) is 6.25. The van der Waals surface area contributed by atoms with Gasteiger partial charge in [-0.2, -0.15) is 0 Å². The van der Waals surface area contributed by atoms with Crippen LogP contribution in [0.4, 0.5) is 11.4 Å². The van der Waals surface area contributed by atoms with Crippen molar-refractivity contribution in [3.63, 3.8) is 0 Å². The van der Waals surface area contributed by atoms with Crippen LogP contribution >= 0.6 is 11.8 Å². The molecule has 0 aromatic heterocycles. The molecule has 174 valence electrons. The molecule has 7 heteroatoms. The molecule has 6 nitrogen and oxygen atoms in total. The first-order chi connectivity index (χ1) is 17.0.